The average Bonchev–Trinajstić information content (AvgIpc) is 3.00. The molecule has 1 aliphatic rings. The van der Waals surface area contributed by atoms with Gasteiger partial charge in [-0.25, -0.2) is 4.39 Å². The van der Waals surface area contributed by atoms with Gasteiger partial charge >= 0.3 is 0 Å². The number of aromatic hydroxyl groups is 1. The highest BCUT2D eigenvalue weighted by Crippen LogP contribution is 2.22. The molecule has 0 radical (unpaired) electrons. The zero-order valence-electron chi connectivity index (χ0n) is 12.7. The van der Waals surface area contributed by atoms with E-state index in [0.717, 1.165) is 12.6 Å². The van der Waals surface area contributed by atoms with Gasteiger partial charge in [-0.2, -0.15) is 0 Å². The lowest BCUT2D eigenvalue weighted by molar-refractivity contribution is 0.0774. The largest absolute Gasteiger partial charge is 0.505 e. The van der Waals surface area contributed by atoms with Gasteiger partial charge in [-0.15, -0.1) is 0 Å². The number of phenolic OH excluding ortho intramolecular Hbond substituents is 1. The summed E-state index contributed by atoms with van der Waals surface area (Å²) in [6.45, 7) is 1.42. The van der Waals surface area contributed by atoms with Crippen molar-refractivity contribution >= 4 is 5.91 Å². The summed E-state index contributed by atoms with van der Waals surface area (Å²) < 4.78 is 13.3. The lowest BCUT2D eigenvalue weighted by Crippen LogP contribution is -2.38. The lowest BCUT2D eigenvalue weighted by Gasteiger charge is -2.26. The van der Waals surface area contributed by atoms with Crippen LogP contribution in [0.3, 0.4) is 0 Å². The Kier molecular flexibility index (Phi) is 5.17. The summed E-state index contributed by atoms with van der Waals surface area (Å²) >= 11 is 0. The number of carbonyl (C=O) groups excluding carboxylic acids is 1. The first-order valence-corrected chi connectivity index (χ1v) is 7.43. The molecule has 0 saturated heterocycles. The highest BCUT2D eigenvalue weighted by Gasteiger charge is 2.20. The number of amides is 1. The van der Waals surface area contributed by atoms with Gasteiger partial charge in [0, 0.05) is 31.7 Å². The van der Waals surface area contributed by atoms with Crippen molar-refractivity contribution in [2.75, 3.05) is 27.2 Å². The topological polar surface area (TPSA) is 43.8 Å². The molecule has 0 aromatic heterocycles. The second-order valence-corrected chi connectivity index (χ2v) is 5.81. The average molecular weight is 294 g/mol. The summed E-state index contributed by atoms with van der Waals surface area (Å²) in [7, 11) is 3.81. The quantitative estimate of drug-likeness (QED) is 0.907. The van der Waals surface area contributed by atoms with E-state index in [1.54, 1.807) is 11.9 Å². The standard InChI is InChI=1S/C16H23FN2O2/c1-18(13-5-3-4-6-13)9-10-19(2)16(21)12-7-8-15(20)14(17)11-12/h7-8,11,13,20H,3-6,9-10H2,1-2H3. The zero-order valence-corrected chi connectivity index (χ0v) is 12.7. The molecule has 1 aromatic carbocycles. The van der Waals surface area contributed by atoms with Crippen molar-refractivity contribution in [2.45, 2.75) is 31.7 Å². The van der Waals surface area contributed by atoms with Gasteiger partial charge < -0.3 is 14.9 Å². The Labute approximate surface area is 125 Å². The number of carbonyl (C=O) groups is 1. The minimum Gasteiger partial charge on any atom is -0.505 e. The van der Waals surface area contributed by atoms with E-state index in [1.165, 1.54) is 37.8 Å². The smallest absolute Gasteiger partial charge is 0.253 e. The molecule has 0 aliphatic heterocycles. The molecule has 1 amide bonds. The van der Waals surface area contributed by atoms with Crippen molar-refractivity contribution < 1.29 is 14.3 Å². The minimum absolute atomic E-state index is 0.228. The number of phenols is 1. The Morgan fingerprint density at radius 3 is 2.57 bits per heavy atom. The van der Waals surface area contributed by atoms with Crippen molar-refractivity contribution in [1.29, 1.82) is 0 Å². The van der Waals surface area contributed by atoms with Gasteiger partial charge in [-0.3, -0.25) is 4.79 Å². The van der Waals surface area contributed by atoms with Crippen molar-refractivity contribution in [3.05, 3.63) is 29.6 Å². The number of hydrogen-bond acceptors (Lipinski definition) is 3. The first-order chi connectivity index (χ1) is 9.99. The fourth-order valence-corrected chi connectivity index (χ4v) is 2.80. The van der Waals surface area contributed by atoms with Crippen LogP contribution in [0, 0.1) is 5.82 Å². The molecule has 1 aliphatic carbocycles. The first kappa shape index (κ1) is 15.8. The maximum absolute atomic E-state index is 13.3. The van der Waals surface area contributed by atoms with Gasteiger partial charge in [0.05, 0.1) is 0 Å². The number of benzene rings is 1. The van der Waals surface area contributed by atoms with Crippen LogP contribution in [-0.2, 0) is 0 Å². The summed E-state index contributed by atoms with van der Waals surface area (Å²) in [5.74, 6) is -1.43. The predicted octanol–water partition coefficient (Wildman–Crippen LogP) is 2.48. The van der Waals surface area contributed by atoms with Crippen LogP contribution in [-0.4, -0.2) is 54.0 Å². The van der Waals surface area contributed by atoms with Crippen LogP contribution in [0.1, 0.15) is 36.0 Å². The van der Waals surface area contributed by atoms with E-state index in [1.807, 2.05) is 0 Å². The molecule has 1 fully saturated rings. The number of halogens is 1. The van der Waals surface area contributed by atoms with Gasteiger partial charge in [0.15, 0.2) is 11.6 Å². The SMILES string of the molecule is CN(CCN(C)C1CCCC1)C(=O)c1ccc(O)c(F)c1. The molecule has 21 heavy (non-hydrogen) atoms. The van der Waals surface area contributed by atoms with Crippen LogP contribution in [0.25, 0.3) is 0 Å². The Hall–Kier alpha value is -1.62. The van der Waals surface area contributed by atoms with E-state index < -0.39 is 11.6 Å². The summed E-state index contributed by atoms with van der Waals surface area (Å²) in [6.07, 6.45) is 5.04. The molecule has 0 heterocycles. The number of likely N-dealkylation sites (N-methyl/N-ethyl adjacent to an activating group) is 2. The molecule has 4 nitrogen and oxygen atoms in total. The van der Waals surface area contributed by atoms with E-state index in [-0.39, 0.29) is 11.5 Å². The summed E-state index contributed by atoms with van der Waals surface area (Å²) in [5, 5.41) is 9.15. The Bertz CT molecular complexity index is 501. The molecule has 0 unspecified atom stereocenters. The number of nitrogens with zero attached hydrogens (tertiary/aromatic N) is 2. The molecule has 5 heteroatoms. The van der Waals surface area contributed by atoms with E-state index in [0.29, 0.717) is 12.6 Å². The second kappa shape index (κ2) is 6.89. The van der Waals surface area contributed by atoms with E-state index >= 15 is 0 Å². The highest BCUT2D eigenvalue weighted by atomic mass is 19.1. The molecule has 2 rings (SSSR count). The summed E-state index contributed by atoms with van der Waals surface area (Å²) in [5.41, 5.74) is 0.260. The minimum atomic E-state index is -0.766. The molecule has 1 N–H and O–H groups in total. The highest BCUT2D eigenvalue weighted by molar-refractivity contribution is 5.94. The van der Waals surface area contributed by atoms with Gasteiger partial charge in [0.1, 0.15) is 0 Å². The van der Waals surface area contributed by atoms with Crippen molar-refractivity contribution in [3.8, 4) is 5.75 Å². The number of hydrogen-bond donors (Lipinski definition) is 1. The van der Waals surface area contributed by atoms with Crippen LogP contribution in [0.5, 0.6) is 5.75 Å². The van der Waals surface area contributed by atoms with Crippen molar-refractivity contribution in [1.82, 2.24) is 9.80 Å². The molecular weight excluding hydrogens is 271 g/mol. The van der Waals surface area contributed by atoms with Crippen molar-refractivity contribution in [3.63, 3.8) is 0 Å². The Morgan fingerprint density at radius 2 is 1.95 bits per heavy atom. The molecule has 116 valence electrons. The maximum Gasteiger partial charge on any atom is 0.253 e. The predicted molar refractivity (Wildman–Crippen MR) is 79.9 cm³/mol. The monoisotopic (exact) mass is 294 g/mol. The van der Waals surface area contributed by atoms with E-state index in [2.05, 4.69) is 11.9 Å². The van der Waals surface area contributed by atoms with Gasteiger partial charge in [-0.05, 0) is 38.1 Å². The molecule has 0 spiro atoms. The van der Waals surface area contributed by atoms with Crippen LogP contribution >= 0.6 is 0 Å². The Morgan fingerprint density at radius 1 is 1.29 bits per heavy atom. The third-order valence-corrected chi connectivity index (χ3v) is 4.28. The third kappa shape index (κ3) is 3.94. The summed E-state index contributed by atoms with van der Waals surface area (Å²) in [4.78, 5) is 16.1. The van der Waals surface area contributed by atoms with Crippen LogP contribution in [0.2, 0.25) is 0 Å². The van der Waals surface area contributed by atoms with Crippen molar-refractivity contribution in [2.24, 2.45) is 0 Å². The van der Waals surface area contributed by atoms with Crippen LogP contribution in [0.4, 0.5) is 4.39 Å². The third-order valence-electron chi connectivity index (χ3n) is 4.28. The molecule has 1 aromatic rings. The number of rotatable bonds is 5. The zero-order chi connectivity index (χ0) is 15.4. The van der Waals surface area contributed by atoms with E-state index in [9.17, 15) is 9.18 Å². The fraction of sp³-hybridized carbons (Fsp3) is 0.562. The van der Waals surface area contributed by atoms with Gasteiger partial charge in [-0.1, -0.05) is 12.8 Å². The molecule has 0 atom stereocenters. The first-order valence-electron chi connectivity index (χ1n) is 7.43. The van der Waals surface area contributed by atoms with E-state index in [4.69, 9.17) is 5.11 Å². The fourth-order valence-electron chi connectivity index (χ4n) is 2.80. The molecule has 0 bridgehead atoms. The van der Waals surface area contributed by atoms with Crippen LogP contribution < -0.4 is 0 Å². The maximum atomic E-state index is 13.3. The Balaban J connectivity index is 1.88. The normalized spacial score (nSPS) is 15.6. The lowest BCUT2D eigenvalue weighted by atomic mass is 10.2. The second-order valence-electron chi connectivity index (χ2n) is 5.81. The van der Waals surface area contributed by atoms with Crippen LogP contribution in [0.15, 0.2) is 18.2 Å². The van der Waals surface area contributed by atoms with Gasteiger partial charge in [0.25, 0.3) is 5.91 Å². The molecular formula is C16H23FN2O2. The summed E-state index contributed by atoms with van der Waals surface area (Å²) in [6, 6.07) is 4.35. The van der Waals surface area contributed by atoms with Gasteiger partial charge in [0.2, 0.25) is 0 Å². The molecule has 1 saturated carbocycles.